The Morgan fingerprint density at radius 3 is 2.31 bits per heavy atom. The Kier molecular flexibility index (Phi) is 5.45. The largest absolute Gasteiger partial charge is 0.324 e. The maximum Gasteiger partial charge on any atom is 0.181 e. The van der Waals surface area contributed by atoms with E-state index < -0.39 is 0 Å². The van der Waals surface area contributed by atoms with Crippen LogP contribution in [0, 0.1) is 22.9 Å². The molecule has 0 atom stereocenters. The Morgan fingerprint density at radius 1 is 1.00 bits per heavy atom. The van der Waals surface area contributed by atoms with Gasteiger partial charge in [-0.25, -0.2) is 0 Å². The van der Waals surface area contributed by atoms with Gasteiger partial charge in [0.1, 0.15) is 0 Å². The first-order valence-corrected chi connectivity index (χ1v) is 5.92. The molecule has 2 N–H and O–H groups in total. The summed E-state index contributed by atoms with van der Waals surface area (Å²) >= 11 is 0. The molecule has 0 unspecified atom stereocenters. The summed E-state index contributed by atoms with van der Waals surface area (Å²) in [6.45, 7) is 5.01. The summed E-state index contributed by atoms with van der Waals surface area (Å²) in [4.78, 5) is 0. The van der Waals surface area contributed by atoms with Gasteiger partial charge >= 0.3 is 0 Å². The summed E-state index contributed by atoms with van der Waals surface area (Å²) in [7, 11) is 0. The number of nitrogens with one attached hydrogen (secondary N) is 2. The van der Waals surface area contributed by atoms with Crippen molar-refractivity contribution in [3.63, 3.8) is 0 Å². The molecule has 1 saturated heterocycles. The van der Waals surface area contributed by atoms with Crippen LogP contribution < -0.4 is 10.6 Å². The zero-order chi connectivity index (χ0) is 11.7. The number of unbranched alkanes of at least 4 members (excludes halogenated alkanes) is 1. The lowest BCUT2D eigenvalue weighted by Gasteiger charge is -2.33. The van der Waals surface area contributed by atoms with Crippen molar-refractivity contribution < 1.29 is 4.48 Å². The molecular formula is C11H20N5+. The Balaban J connectivity index is 2.23. The number of hydrogen-bond acceptors (Lipinski definition) is 4. The van der Waals surface area contributed by atoms with Crippen LogP contribution >= 0.6 is 0 Å². The van der Waals surface area contributed by atoms with Gasteiger partial charge in [0.15, 0.2) is 19.1 Å². The van der Waals surface area contributed by atoms with Crippen molar-refractivity contribution in [1.82, 2.24) is 10.6 Å². The van der Waals surface area contributed by atoms with Crippen molar-refractivity contribution in [3.8, 4) is 12.4 Å². The van der Waals surface area contributed by atoms with E-state index in [-0.39, 0.29) is 0 Å². The fraction of sp³-hybridized carbons (Fsp3) is 0.818. The summed E-state index contributed by atoms with van der Waals surface area (Å²) in [5, 5.41) is 22.4. The highest BCUT2D eigenvalue weighted by molar-refractivity contribution is 4.65. The number of rotatable bonds is 7. The predicted octanol–water partition coefficient (Wildman–Crippen LogP) is 0.476. The molecule has 16 heavy (non-hydrogen) atoms. The number of quaternary nitrogens is 1. The van der Waals surface area contributed by atoms with Crippen LogP contribution in [0.25, 0.3) is 0 Å². The molecule has 0 radical (unpaired) electrons. The van der Waals surface area contributed by atoms with E-state index >= 15 is 0 Å². The van der Waals surface area contributed by atoms with Gasteiger partial charge in [-0.3, -0.25) is 5.32 Å². The second-order valence-corrected chi connectivity index (χ2v) is 4.41. The second kappa shape index (κ2) is 6.92. The van der Waals surface area contributed by atoms with E-state index in [1.54, 1.807) is 0 Å². The van der Waals surface area contributed by atoms with Gasteiger partial charge in [0.25, 0.3) is 0 Å². The molecule has 1 rings (SSSR count). The van der Waals surface area contributed by atoms with Crippen LogP contribution in [0.4, 0.5) is 0 Å². The van der Waals surface area contributed by atoms with Crippen LogP contribution in [0.5, 0.6) is 0 Å². The average Bonchev–Trinajstić information content (AvgIpc) is 2.76. The Morgan fingerprint density at radius 2 is 1.69 bits per heavy atom. The minimum Gasteiger partial charge on any atom is -0.324 e. The molecule has 1 aliphatic rings. The van der Waals surface area contributed by atoms with E-state index in [1.807, 2.05) is 12.4 Å². The maximum atomic E-state index is 8.57. The van der Waals surface area contributed by atoms with E-state index in [1.165, 1.54) is 25.9 Å². The molecule has 0 spiro atoms. The third-order valence-corrected chi connectivity index (χ3v) is 3.27. The topological polar surface area (TPSA) is 71.6 Å². The normalized spacial score (nSPS) is 17.4. The highest BCUT2D eigenvalue weighted by Crippen LogP contribution is 2.19. The summed E-state index contributed by atoms with van der Waals surface area (Å²) in [5.41, 5.74) is 0. The van der Waals surface area contributed by atoms with E-state index in [2.05, 4.69) is 10.6 Å². The minimum absolute atomic E-state index is 0.766. The third kappa shape index (κ3) is 3.96. The van der Waals surface area contributed by atoms with E-state index in [9.17, 15) is 0 Å². The molecule has 1 aliphatic heterocycles. The lowest BCUT2D eigenvalue weighted by atomic mass is 10.2. The zero-order valence-electron chi connectivity index (χ0n) is 9.71. The van der Waals surface area contributed by atoms with Gasteiger partial charge in [-0.05, 0) is 12.8 Å². The smallest absolute Gasteiger partial charge is 0.181 e. The summed E-state index contributed by atoms with van der Waals surface area (Å²) < 4.78 is 1.03. The van der Waals surface area contributed by atoms with Crippen molar-refractivity contribution in [1.29, 1.82) is 10.5 Å². The van der Waals surface area contributed by atoms with Gasteiger partial charge in [-0.1, -0.05) is 0 Å². The van der Waals surface area contributed by atoms with Gasteiger partial charge in [-0.2, -0.15) is 10.5 Å². The fourth-order valence-electron chi connectivity index (χ4n) is 2.39. The van der Waals surface area contributed by atoms with Crippen LogP contribution in [-0.2, 0) is 0 Å². The lowest BCUT2D eigenvalue weighted by Crippen LogP contribution is -2.50. The minimum atomic E-state index is 0.766. The highest BCUT2D eigenvalue weighted by Gasteiger charge is 2.30. The Labute approximate surface area is 97.2 Å². The molecule has 0 aromatic carbocycles. The Bertz CT molecular complexity index is 269. The van der Waals surface area contributed by atoms with Crippen LogP contribution in [0.15, 0.2) is 0 Å². The Hall–Kier alpha value is -1.46. The van der Waals surface area contributed by atoms with Crippen LogP contribution in [-0.4, -0.2) is 37.3 Å². The summed E-state index contributed by atoms with van der Waals surface area (Å²) in [6.07, 6.45) is 8.61. The zero-order valence-corrected chi connectivity index (χ0v) is 9.71. The summed E-state index contributed by atoms with van der Waals surface area (Å²) in [6, 6.07) is 0. The first-order valence-electron chi connectivity index (χ1n) is 5.92. The van der Waals surface area contributed by atoms with Gasteiger partial charge in [0.05, 0.1) is 19.6 Å². The van der Waals surface area contributed by atoms with Crippen molar-refractivity contribution in [2.24, 2.45) is 0 Å². The number of nitrogens with zero attached hydrogens (tertiary/aromatic N) is 3. The molecule has 1 heterocycles. The number of hydrogen-bond donors (Lipinski definition) is 2. The molecule has 0 amide bonds. The van der Waals surface area contributed by atoms with E-state index in [4.69, 9.17) is 10.5 Å². The molecule has 0 aliphatic carbocycles. The SMILES string of the molecule is N#CNCCCC[N+]1(CNC#N)CCCC1. The molecule has 5 heteroatoms. The van der Waals surface area contributed by atoms with Gasteiger partial charge in [0, 0.05) is 19.4 Å². The highest BCUT2D eigenvalue weighted by atomic mass is 15.4. The summed E-state index contributed by atoms with van der Waals surface area (Å²) in [5.74, 6) is 0. The van der Waals surface area contributed by atoms with Gasteiger partial charge in [-0.15, -0.1) is 0 Å². The van der Waals surface area contributed by atoms with Crippen LogP contribution in [0.3, 0.4) is 0 Å². The van der Waals surface area contributed by atoms with E-state index in [0.29, 0.717) is 0 Å². The van der Waals surface area contributed by atoms with Crippen LogP contribution in [0.1, 0.15) is 25.7 Å². The van der Waals surface area contributed by atoms with Crippen molar-refractivity contribution in [3.05, 3.63) is 0 Å². The number of likely N-dealkylation sites (tertiary alicyclic amines) is 1. The predicted molar refractivity (Wildman–Crippen MR) is 60.6 cm³/mol. The lowest BCUT2D eigenvalue weighted by molar-refractivity contribution is -0.918. The third-order valence-electron chi connectivity index (χ3n) is 3.27. The quantitative estimate of drug-likeness (QED) is 0.284. The van der Waals surface area contributed by atoms with Crippen molar-refractivity contribution in [2.75, 3.05) is 32.8 Å². The molecule has 5 nitrogen and oxygen atoms in total. The molecular weight excluding hydrogens is 202 g/mol. The van der Waals surface area contributed by atoms with Crippen LogP contribution in [0.2, 0.25) is 0 Å². The van der Waals surface area contributed by atoms with Crippen molar-refractivity contribution in [2.45, 2.75) is 25.7 Å². The molecule has 0 aromatic rings. The van der Waals surface area contributed by atoms with Gasteiger partial charge in [0.2, 0.25) is 0 Å². The molecule has 0 saturated carbocycles. The monoisotopic (exact) mass is 222 g/mol. The van der Waals surface area contributed by atoms with E-state index in [0.717, 1.165) is 37.1 Å². The fourth-order valence-corrected chi connectivity index (χ4v) is 2.39. The molecule has 1 fully saturated rings. The van der Waals surface area contributed by atoms with Crippen molar-refractivity contribution >= 4 is 0 Å². The number of nitriles is 2. The molecule has 0 bridgehead atoms. The van der Waals surface area contributed by atoms with Gasteiger partial charge < -0.3 is 9.80 Å². The maximum absolute atomic E-state index is 8.57. The average molecular weight is 222 g/mol. The first kappa shape index (κ1) is 12.6. The molecule has 88 valence electrons. The second-order valence-electron chi connectivity index (χ2n) is 4.41. The first-order chi connectivity index (χ1) is 7.83. The standard InChI is InChI=1S/C11H20N5/c12-9-14-5-1-2-6-16(11-15-10-13)7-3-4-8-16/h14-15H,1-8,11H2/q+1. The molecule has 0 aromatic heterocycles.